The number of thiazole rings is 1. The van der Waals surface area contributed by atoms with Gasteiger partial charge in [0.1, 0.15) is 0 Å². The Bertz CT molecular complexity index is 959. The third-order valence-corrected chi connectivity index (χ3v) is 6.86. The van der Waals surface area contributed by atoms with Crippen molar-refractivity contribution in [2.24, 2.45) is 0 Å². The minimum Gasteiger partial charge on any atom is -0.375 e. The number of aromatic nitrogens is 1. The first-order valence-corrected chi connectivity index (χ1v) is 11.0. The summed E-state index contributed by atoms with van der Waals surface area (Å²) in [5.74, 6) is 0. The molecule has 1 fully saturated rings. The number of benzene rings is 1. The van der Waals surface area contributed by atoms with Gasteiger partial charge in [0.2, 0.25) is 0 Å². The molecule has 0 amide bonds. The molecule has 1 saturated heterocycles. The predicted molar refractivity (Wildman–Crippen MR) is 114 cm³/mol. The van der Waals surface area contributed by atoms with E-state index < -0.39 is 11.7 Å². The number of nitrogens with zero attached hydrogens (tertiary/aromatic N) is 3. The lowest BCUT2D eigenvalue weighted by Crippen LogP contribution is -2.47. The first kappa shape index (κ1) is 20.2. The second-order valence-corrected chi connectivity index (χ2v) is 9.02. The molecule has 3 heterocycles. The van der Waals surface area contributed by atoms with Crippen LogP contribution in [0, 0.1) is 0 Å². The van der Waals surface area contributed by atoms with Crippen molar-refractivity contribution in [2.45, 2.75) is 12.6 Å². The van der Waals surface area contributed by atoms with Crippen LogP contribution in [-0.2, 0) is 12.6 Å². The molecule has 1 aliphatic rings. The van der Waals surface area contributed by atoms with Gasteiger partial charge >= 0.3 is 6.18 Å². The predicted octanol–water partition coefficient (Wildman–Crippen LogP) is 4.84. The number of thiophene rings is 1. The van der Waals surface area contributed by atoms with E-state index in [1.165, 1.54) is 28.3 Å². The molecule has 2 aromatic heterocycles. The van der Waals surface area contributed by atoms with E-state index in [9.17, 15) is 13.2 Å². The summed E-state index contributed by atoms with van der Waals surface area (Å²) in [6.07, 6.45) is -3.35. The van der Waals surface area contributed by atoms with E-state index in [1.807, 2.05) is 10.3 Å². The number of hydrogen-bond acceptors (Lipinski definition) is 6. The van der Waals surface area contributed by atoms with Crippen LogP contribution >= 0.6 is 22.7 Å². The molecule has 1 aromatic carbocycles. The minimum absolute atomic E-state index is 0.577. The van der Waals surface area contributed by atoms with Gasteiger partial charge in [0.15, 0.2) is 5.13 Å². The van der Waals surface area contributed by atoms with Gasteiger partial charge in [-0.1, -0.05) is 6.07 Å². The fourth-order valence-corrected chi connectivity index (χ4v) is 5.02. The van der Waals surface area contributed by atoms with Crippen LogP contribution in [0.25, 0.3) is 10.6 Å². The molecule has 1 aliphatic heterocycles. The highest BCUT2D eigenvalue weighted by Gasteiger charge is 2.31. The normalized spacial score (nSPS) is 15.8. The zero-order chi connectivity index (χ0) is 20.4. The van der Waals surface area contributed by atoms with Crippen LogP contribution in [0.15, 0.2) is 41.8 Å². The Hall–Kier alpha value is -2.10. The highest BCUT2D eigenvalue weighted by molar-refractivity contribution is 7.16. The lowest BCUT2D eigenvalue weighted by atomic mass is 10.1. The van der Waals surface area contributed by atoms with E-state index in [2.05, 4.69) is 22.0 Å². The van der Waals surface area contributed by atoms with Gasteiger partial charge < -0.3 is 10.6 Å². The molecule has 3 aromatic rings. The smallest absolute Gasteiger partial charge is 0.375 e. The maximum absolute atomic E-state index is 12.9. The van der Waals surface area contributed by atoms with Crippen LogP contribution in [0.1, 0.15) is 10.4 Å². The Kier molecular flexibility index (Phi) is 5.80. The van der Waals surface area contributed by atoms with Crippen molar-refractivity contribution in [1.82, 2.24) is 9.88 Å². The molecule has 154 valence electrons. The molecule has 0 atom stereocenters. The second kappa shape index (κ2) is 8.33. The SMILES string of the molecule is Nc1nc(-c2ccc(CCN3CCN(c4cccc(C(F)(F)F)c4)CC3)s2)cs1. The Balaban J connectivity index is 1.29. The van der Waals surface area contributed by atoms with E-state index in [0.29, 0.717) is 10.8 Å². The van der Waals surface area contributed by atoms with Gasteiger partial charge in [0, 0.05) is 48.7 Å². The number of piperazine rings is 1. The van der Waals surface area contributed by atoms with E-state index >= 15 is 0 Å². The summed E-state index contributed by atoms with van der Waals surface area (Å²) in [6.45, 7) is 4.09. The molecule has 0 bridgehead atoms. The summed E-state index contributed by atoms with van der Waals surface area (Å²) in [7, 11) is 0. The third kappa shape index (κ3) is 4.91. The molecule has 0 saturated carbocycles. The zero-order valence-corrected chi connectivity index (χ0v) is 17.3. The average molecular weight is 439 g/mol. The van der Waals surface area contributed by atoms with Gasteiger partial charge in [-0.3, -0.25) is 4.90 Å². The van der Waals surface area contributed by atoms with Crippen molar-refractivity contribution < 1.29 is 13.2 Å². The van der Waals surface area contributed by atoms with Gasteiger partial charge in [0.05, 0.1) is 16.1 Å². The molecule has 4 rings (SSSR count). The Morgan fingerprint density at radius 3 is 2.55 bits per heavy atom. The average Bonchev–Trinajstić information content (AvgIpc) is 3.35. The molecule has 0 unspecified atom stereocenters. The van der Waals surface area contributed by atoms with E-state index in [1.54, 1.807) is 17.4 Å². The van der Waals surface area contributed by atoms with Crippen molar-refractivity contribution in [1.29, 1.82) is 0 Å². The Morgan fingerprint density at radius 1 is 1.07 bits per heavy atom. The highest BCUT2D eigenvalue weighted by Crippen LogP contribution is 2.32. The van der Waals surface area contributed by atoms with Crippen LogP contribution in [0.5, 0.6) is 0 Å². The molecule has 0 radical (unpaired) electrons. The zero-order valence-electron chi connectivity index (χ0n) is 15.7. The number of alkyl halides is 3. The first-order valence-electron chi connectivity index (χ1n) is 9.33. The Morgan fingerprint density at radius 2 is 1.86 bits per heavy atom. The number of rotatable bonds is 5. The maximum Gasteiger partial charge on any atom is 0.416 e. The van der Waals surface area contributed by atoms with Crippen molar-refractivity contribution in [3.63, 3.8) is 0 Å². The van der Waals surface area contributed by atoms with Crippen LogP contribution in [0.4, 0.5) is 24.0 Å². The fourth-order valence-electron chi connectivity index (χ4n) is 3.43. The topological polar surface area (TPSA) is 45.4 Å². The number of nitrogens with two attached hydrogens (primary N) is 1. The van der Waals surface area contributed by atoms with E-state index in [4.69, 9.17) is 5.73 Å². The van der Waals surface area contributed by atoms with Gasteiger partial charge in [0.25, 0.3) is 0 Å². The quantitative estimate of drug-likeness (QED) is 0.619. The molecule has 2 N–H and O–H groups in total. The monoisotopic (exact) mass is 438 g/mol. The lowest BCUT2D eigenvalue weighted by molar-refractivity contribution is -0.137. The van der Waals surface area contributed by atoms with E-state index in [0.717, 1.165) is 55.8 Å². The Labute approximate surface area is 175 Å². The lowest BCUT2D eigenvalue weighted by Gasteiger charge is -2.36. The number of anilines is 2. The van der Waals surface area contributed by atoms with Crippen LogP contribution in [-0.4, -0.2) is 42.6 Å². The number of nitrogen functional groups attached to an aromatic ring is 1. The summed E-state index contributed by atoms with van der Waals surface area (Å²) >= 11 is 3.18. The van der Waals surface area contributed by atoms with Gasteiger partial charge in [-0.05, 0) is 36.8 Å². The summed E-state index contributed by atoms with van der Waals surface area (Å²) in [4.78, 5) is 11.1. The maximum atomic E-state index is 12.9. The first-order chi connectivity index (χ1) is 13.9. The molecule has 4 nitrogen and oxygen atoms in total. The minimum atomic E-state index is -4.30. The summed E-state index contributed by atoms with van der Waals surface area (Å²) in [5.41, 5.74) is 6.69. The molecular formula is C20H21F3N4S2. The molecule has 0 spiro atoms. The van der Waals surface area contributed by atoms with Crippen molar-refractivity contribution >= 4 is 33.5 Å². The van der Waals surface area contributed by atoms with Gasteiger partial charge in [-0.2, -0.15) is 13.2 Å². The molecule has 9 heteroatoms. The molecule has 29 heavy (non-hydrogen) atoms. The summed E-state index contributed by atoms with van der Waals surface area (Å²) < 4.78 is 38.8. The van der Waals surface area contributed by atoms with Gasteiger partial charge in [-0.25, -0.2) is 4.98 Å². The molecular weight excluding hydrogens is 417 g/mol. The number of halogens is 3. The second-order valence-electron chi connectivity index (χ2n) is 6.96. The van der Waals surface area contributed by atoms with Crippen LogP contribution in [0.2, 0.25) is 0 Å². The molecule has 0 aliphatic carbocycles. The largest absolute Gasteiger partial charge is 0.416 e. The fraction of sp³-hybridized carbons (Fsp3) is 0.350. The van der Waals surface area contributed by atoms with E-state index in [-0.39, 0.29) is 0 Å². The van der Waals surface area contributed by atoms with Gasteiger partial charge in [-0.15, -0.1) is 22.7 Å². The van der Waals surface area contributed by atoms with Crippen molar-refractivity contribution in [2.75, 3.05) is 43.4 Å². The summed E-state index contributed by atoms with van der Waals surface area (Å²) in [5, 5.41) is 2.55. The number of hydrogen-bond donors (Lipinski definition) is 1. The summed E-state index contributed by atoms with van der Waals surface area (Å²) in [6, 6.07) is 9.82. The van der Waals surface area contributed by atoms with Crippen molar-refractivity contribution in [3.05, 3.63) is 52.2 Å². The van der Waals surface area contributed by atoms with Crippen LogP contribution < -0.4 is 10.6 Å². The standard InChI is InChI=1S/C20H21F3N4S2/c21-20(22,23)14-2-1-3-15(12-14)27-10-8-26(9-11-27)7-6-16-4-5-18(29-16)17-13-28-19(24)25-17/h1-5,12-13H,6-11H2,(H2,24,25). The highest BCUT2D eigenvalue weighted by atomic mass is 32.1. The van der Waals surface area contributed by atoms with Crippen LogP contribution in [0.3, 0.4) is 0 Å². The third-order valence-electron chi connectivity index (χ3n) is 5.02. The van der Waals surface area contributed by atoms with Crippen molar-refractivity contribution in [3.8, 4) is 10.6 Å².